The molecule has 216 valence electrons. The van der Waals surface area contributed by atoms with Crippen molar-refractivity contribution in [3.8, 4) is 11.3 Å². The molecule has 0 radical (unpaired) electrons. The van der Waals surface area contributed by atoms with E-state index in [4.69, 9.17) is 5.10 Å². The number of carbonyl (C=O) groups is 1. The third-order valence-corrected chi connectivity index (χ3v) is 9.31. The minimum Gasteiger partial charge on any atom is -0.349 e. The molecule has 1 amide bonds. The van der Waals surface area contributed by atoms with Crippen molar-refractivity contribution in [3.05, 3.63) is 114 Å². The van der Waals surface area contributed by atoms with Crippen molar-refractivity contribution in [1.82, 2.24) is 29.9 Å². The molecule has 1 N–H and O–H groups in total. The summed E-state index contributed by atoms with van der Waals surface area (Å²) < 4.78 is 4.15. The second-order valence-electron chi connectivity index (χ2n) is 11.7. The third-order valence-electron chi connectivity index (χ3n) is 8.64. The molecule has 0 aliphatic heterocycles. The van der Waals surface area contributed by atoms with Crippen LogP contribution in [0, 0.1) is 12.8 Å². The number of rotatable bonds is 7. The Morgan fingerprint density at radius 2 is 1.84 bits per heavy atom. The smallest absolute Gasteiger partial charge is 0.251 e. The lowest BCUT2D eigenvalue weighted by molar-refractivity contribution is 0.0917. The number of nitrogens with one attached hydrogen (secondary N) is 1. The van der Waals surface area contributed by atoms with E-state index in [1.165, 1.54) is 10.9 Å². The maximum absolute atomic E-state index is 13.6. The van der Waals surface area contributed by atoms with Gasteiger partial charge in [-0.2, -0.15) is 10.2 Å². The third kappa shape index (κ3) is 5.57. The fourth-order valence-corrected chi connectivity index (χ4v) is 6.91. The average molecular weight is 587 g/mol. The van der Waals surface area contributed by atoms with Crippen molar-refractivity contribution in [3.63, 3.8) is 0 Å². The maximum atomic E-state index is 13.6. The Hall–Kier alpha value is -4.35. The molecule has 1 saturated carbocycles. The molecular weight excluding hydrogens is 551 g/mol. The van der Waals surface area contributed by atoms with E-state index in [1.54, 1.807) is 0 Å². The largest absolute Gasteiger partial charge is 0.349 e. The number of hydrogen-bond acceptors (Lipinski definition) is 4. The Bertz CT molecular complexity index is 1910. The molecule has 4 atom stereocenters. The zero-order valence-corrected chi connectivity index (χ0v) is 25.4. The van der Waals surface area contributed by atoms with Crippen LogP contribution < -0.4 is 5.32 Å². The summed E-state index contributed by atoms with van der Waals surface area (Å²) in [7, 11) is 2.92. The van der Waals surface area contributed by atoms with E-state index in [2.05, 4.69) is 59.7 Å². The van der Waals surface area contributed by atoms with Crippen LogP contribution in [-0.2, 0) is 6.54 Å². The molecule has 3 aromatic heterocycles. The highest BCUT2D eigenvalue weighted by Gasteiger charge is 2.25. The minimum absolute atomic E-state index is 0.0350. The summed E-state index contributed by atoms with van der Waals surface area (Å²) in [5, 5.41) is 15.2. The summed E-state index contributed by atoms with van der Waals surface area (Å²) >= 11 is 0. The van der Waals surface area contributed by atoms with E-state index in [-0.39, 0.29) is 17.7 Å². The van der Waals surface area contributed by atoms with Crippen molar-refractivity contribution < 1.29 is 4.79 Å². The van der Waals surface area contributed by atoms with Crippen LogP contribution in [0.25, 0.3) is 33.1 Å². The van der Waals surface area contributed by atoms with Crippen molar-refractivity contribution >= 4 is 37.0 Å². The Balaban J connectivity index is 1.15. The second kappa shape index (κ2) is 11.7. The predicted molar refractivity (Wildman–Crippen MR) is 175 cm³/mol. The summed E-state index contributed by atoms with van der Waals surface area (Å²) in [5.41, 5.74) is 6.71. The summed E-state index contributed by atoms with van der Waals surface area (Å²) in [6.45, 7) is 2.85. The van der Waals surface area contributed by atoms with E-state index in [0.717, 1.165) is 65.6 Å². The van der Waals surface area contributed by atoms with Gasteiger partial charge in [0.25, 0.3) is 5.91 Å². The van der Waals surface area contributed by atoms with Crippen LogP contribution in [0.5, 0.6) is 0 Å². The molecule has 3 aromatic carbocycles. The fourth-order valence-electron chi connectivity index (χ4n) is 6.46. The van der Waals surface area contributed by atoms with Gasteiger partial charge >= 0.3 is 0 Å². The molecule has 3 heterocycles. The molecule has 1 fully saturated rings. The Morgan fingerprint density at radius 1 is 1.00 bits per heavy atom. The molecule has 1 aliphatic rings. The molecule has 8 heteroatoms. The van der Waals surface area contributed by atoms with E-state index in [1.807, 2.05) is 78.6 Å². The van der Waals surface area contributed by atoms with Crippen LogP contribution in [0.15, 0.2) is 97.3 Å². The van der Waals surface area contributed by atoms with Gasteiger partial charge < -0.3 is 5.32 Å². The zero-order chi connectivity index (χ0) is 29.3. The van der Waals surface area contributed by atoms with Gasteiger partial charge in [-0.25, -0.2) is 0 Å². The monoisotopic (exact) mass is 586 g/mol. The number of fused-ring (bicyclic) bond motifs is 2. The van der Waals surface area contributed by atoms with Gasteiger partial charge in [-0.1, -0.05) is 55.0 Å². The van der Waals surface area contributed by atoms with Crippen LogP contribution in [0.3, 0.4) is 0 Å². The topological polar surface area (TPSA) is 77.6 Å². The first-order valence-electron chi connectivity index (χ1n) is 15.0. The SMILES string of the molecule is Cc1cc(-c2nn(C(P)c3ccccc3)c3ccc(C(=O)NC4CCCC(Cn5ncc6ccccc65)C4)cc23)ccn1. The molecule has 7 nitrogen and oxygen atoms in total. The number of carbonyl (C=O) groups excluding carboxylic acids is 1. The quantitative estimate of drug-likeness (QED) is 0.201. The summed E-state index contributed by atoms with van der Waals surface area (Å²) in [4.78, 5) is 18.0. The van der Waals surface area contributed by atoms with Gasteiger partial charge in [0.15, 0.2) is 0 Å². The number of aromatic nitrogens is 5. The van der Waals surface area contributed by atoms with Gasteiger partial charge in [0.05, 0.1) is 23.0 Å². The molecule has 0 spiro atoms. The van der Waals surface area contributed by atoms with E-state index >= 15 is 0 Å². The van der Waals surface area contributed by atoms with Crippen LogP contribution in [0.2, 0.25) is 0 Å². The number of para-hydroxylation sites is 1. The van der Waals surface area contributed by atoms with Crippen LogP contribution in [0.1, 0.15) is 53.1 Å². The second-order valence-corrected chi connectivity index (χ2v) is 12.3. The van der Waals surface area contributed by atoms with Crippen LogP contribution in [-0.4, -0.2) is 36.5 Å². The number of amides is 1. The molecule has 6 aromatic rings. The normalized spacial score (nSPS) is 17.7. The van der Waals surface area contributed by atoms with Crippen LogP contribution in [0.4, 0.5) is 0 Å². The zero-order valence-electron chi connectivity index (χ0n) is 24.2. The molecule has 0 bridgehead atoms. The number of benzene rings is 3. The Morgan fingerprint density at radius 3 is 2.70 bits per heavy atom. The van der Waals surface area contributed by atoms with Gasteiger partial charge in [0.1, 0.15) is 5.69 Å². The first-order valence-corrected chi connectivity index (χ1v) is 15.7. The number of aryl methyl sites for hydroxylation is 1. The lowest BCUT2D eigenvalue weighted by Crippen LogP contribution is -2.39. The fraction of sp³-hybridized carbons (Fsp3) is 0.257. The van der Waals surface area contributed by atoms with Gasteiger partial charge in [-0.3, -0.25) is 19.1 Å². The Labute approximate surface area is 253 Å². The summed E-state index contributed by atoms with van der Waals surface area (Å²) in [6, 6.07) is 28.8. The molecular formula is C35H35N6OP. The lowest BCUT2D eigenvalue weighted by Gasteiger charge is -2.30. The highest BCUT2D eigenvalue weighted by molar-refractivity contribution is 7.17. The molecule has 43 heavy (non-hydrogen) atoms. The number of pyridine rings is 1. The molecule has 0 saturated heterocycles. The van der Waals surface area contributed by atoms with Crippen molar-refractivity contribution in [2.45, 2.75) is 51.0 Å². The van der Waals surface area contributed by atoms with Gasteiger partial charge in [0.2, 0.25) is 0 Å². The first-order chi connectivity index (χ1) is 21.0. The average Bonchev–Trinajstić information content (AvgIpc) is 3.63. The summed E-state index contributed by atoms with van der Waals surface area (Å²) in [6.07, 6.45) is 7.95. The van der Waals surface area contributed by atoms with E-state index in [0.29, 0.717) is 11.5 Å². The minimum atomic E-state index is -0.0499. The molecule has 7 rings (SSSR count). The van der Waals surface area contributed by atoms with Crippen LogP contribution >= 0.6 is 9.24 Å². The molecule has 1 aliphatic carbocycles. The van der Waals surface area contributed by atoms with E-state index in [9.17, 15) is 4.79 Å². The number of nitrogens with zero attached hydrogens (tertiary/aromatic N) is 5. The predicted octanol–water partition coefficient (Wildman–Crippen LogP) is 7.17. The molecule has 4 unspecified atom stereocenters. The lowest BCUT2D eigenvalue weighted by atomic mass is 9.85. The highest BCUT2D eigenvalue weighted by atomic mass is 31.0. The van der Waals surface area contributed by atoms with Crippen molar-refractivity contribution in [2.24, 2.45) is 5.92 Å². The highest BCUT2D eigenvalue weighted by Crippen LogP contribution is 2.35. The van der Waals surface area contributed by atoms with E-state index < -0.39 is 0 Å². The first kappa shape index (κ1) is 27.5. The van der Waals surface area contributed by atoms with Gasteiger partial charge in [-0.05, 0) is 74.1 Å². The maximum Gasteiger partial charge on any atom is 0.251 e. The van der Waals surface area contributed by atoms with Crippen molar-refractivity contribution in [1.29, 1.82) is 0 Å². The van der Waals surface area contributed by atoms with Gasteiger partial charge in [-0.15, -0.1) is 9.24 Å². The number of hydrogen-bond donors (Lipinski definition) is 1. The van der Waals surface area contributed by atoms with Crippen molar-refractivity contribution in [2.75, 3.05) is 0 Å². The van der Waals surface area contributed by atoms with Gasteiger partial charge in [0, 0.05) is 46.4 Å². The summed E-state index contributed by atoms with van der Waals surface area (Å²) in [5.74, 6) is 0.389. The standard InChI is InChI=1S/C35H35N6OP/c1-23-18-26(16-17-36-23)33-30-20-27(14-15-32(30)41(39-33)35(43)25-9-3-2-4-10-25)34(42)38-29-12-7-8-24(19-29)22-40-31-13-6-5-11-28(31)21-37-40/h2-6,9-11,13-18,20-21,24,29,35H,7-8,12,19,22,43H2,1H3,(H,38,42). The Kier molecular flexibility index (Phi) is 7.50.